The summed E-state index contributed by atoms with van der Waals surface area (Å²) in [7, 11) is 2.84. The van der Waals surface area contributed by atoms with E-state index in [0.29, 0.717) is 0 Å². The third-order valence-corrected chi connectivity index (χ3v) is 6.51. The highest BCUT2D eigenvalue weighted by molar-refractivity contribution is 6.31. The standard InChI is InChI=1S/C31H26ClFN2O6/c1-40-17-27(18-6-4-3-5-7-18)35-29(36)19-8-11-22(25(14-19)31(38)39)24-15-20(32)9-12-23(24)30(37)34-21-10-13-28(41-2)26(33)16-21/h3-16,27H,17H2,1-2H3,(H,34,37)(H,35,36)(H,38,39)/t27-/m0/s1. The predicted molar refractivity (Wildman–Crippen MR) is 153 cm³/mol. The number of methoxy groups -OCH3 is 2. The number of aromatic carboxylic acids is 1. The Kier molecular flexibility index (Phi) is 9.34. The predicted octanol–water partition coefficient (Wildman–Crippen LogP) is 6.22. The summed E-state index contributed by atoms with van der Waals surface area (Å²) in [6, 6.07) is 21.2. The average Bonchev–Trinajstić information content (AvgIpc) is 2.97. The monoisotopic (exact) mass is 576 g/mol. The minimum Gasteiger partial charge on any atom is -0.494 e. The maximum Gasteiger partial charge on any atom is 0.336 e. The molecule has 1 atom stereocenters. The normalized spacial score (nSPS) is 11.4. The second-order valence-electron chi connectivity index (χ2n) is 8.95. The molecule has 210 valence electrons. The Morgan fingerprint density at radius 3 is 2.29 bits per heavy atom. The van der Waals surface area contributed by atoms with E-state index in [2.05, 4.69) is 10.6 Å². The van der Waals surface area contributed by atoms with E-state index in [0.717, 1.165) is 11.6 Å². The number of anilines is 1. The smallest absolute Gasteiger partial charge is 0.336 e. The third kappa shape index (κ3) is 6.89. The van der Waals surface area contributed by atoms with Crippen molar-refractivity contribution in [2.75, 3.05) is 26.1 Å². The molecule has 0 saturated heterocycles. The number of carboxylic acids is 1. The van der Waals surface area contributed by atoms with E-state index in [9.17, 15) is 23.9 Å². The SMILES string of the molecule is COC[C@H](NC(=O)c1ccc(-c2cc(Cl)ccc2C(=O)Nc2ccc(OC)c(F)c2)c(C(=O)O)c1)c1ccccc1. The van der Waals surface area contributed by atoms with Crippen molar-refractivity contribution in [2.45, 2.75) is 6.04 Å². The minimum atomic E-state index is -1.31. The molecule has 0 heterocycles. The molecule has 4 aromatic rings. The molecule has 4 rings (SSSR count). The van der Waals surface area contributed by atoms with Crippen LogP contribution in [-0.4, -0.2) is 43.7 Å². The van der Waals surface area contributed by atoms with Crippen LogP contribution in [0.15, 0.2) is 84.9 Å². The van der Waals surface area contributed by atoms with Crippen molar-refractivity contribution in [1.29, 1.82) is 0 Å². The number of halogens is 2. The van der Waals surface area contributed by atoms with Crippen molar-refractivity contribution in [3.8, 4) is 16.9 Å². The highest BCUT2D eigenvalue weighted by atomic mass is 35.5. The zero-order chi connectivity index (χ0) is 29.5. The number of hydrogen-bond donors (Lipinski definition) is 3. The molecule has 0 aliphatic heterocycles. The molecule has 8 nitrogen and oxygen atoms in total. The van der Waals surface area contributed by atoms with E-state index >= 15 is 0 Å². The van der Waals surface area contributed by atoms with Crippen molar-refractivity contribution in [2.24, 2.45) is 0 Å². The van der Waals surface area contributed by atoms with Crippen LogP contribution in [0.5, 0.6) is 5.75 Å². The maximum atomic E-state index is 14.2. The summed E-state index contributed by atoms with van der Waals surface area (Å²) in [5, 5.41) is 15.8. The molecular formula is C31H26ClFN2O6. The Labute approximate surface area is 240 Å². The van der Waals surface area contributed by atoms with Gasteiger partial charge in [-0.25, -0.2) is 9.18 Å². The Hall–Kier alpha value is -4.73. The van der Waals surface area contributed by atoms with E-state index in [1.54, 1.807) is 0 Å². The summed E-state index contributed by atoms with van der Waals surface area (Å²) >= 11 is 6.23. The Morgan fingerprint density at radius 1 is 0.878 bits per heavy atom. The highest BCUT2D eigenvalue weighted by Crippen LogP contribution is 2.32. The van der Waals surface area contributed by atoms with Gasteiger partial charge < -0.3 is 25.2 Å². The highest BCUT2D eigenvalue weighted by Gasteiger charge is 2.22. The van der Waals surface area contributed by atoms with Gasteiger partial charge in [0.2, 0.25) is 0 Å². The molecule has 41 heavy (non-hydrogen) atoms. The number of ether oxygens (including phenoxy) is 2. The van der Waals surface area contributed by atoms with Gasteiger partial charge in [-0.1, -0.05) is 48.0 Å². The molecule has 0 bridgehead atoms. The molecule has 0 aromatic heterocycles. The summed E-state index contributed by atoms with van der Waals surface area (Å²) < 4.78 is 24.3. The first-order valence-electron chi connectivity index (χ1n) is 12.4. The first-order valence-corrected chi connectivity index (χ1v) is 12.8. The largest absolute Gasteiger partial charge is 0.494 e. The van der Waals surface area contributed by atoms with Gasteiger partial charge in [-0.15, -0.1) is 0 Å². The first-order chi connectivity index (χ1) is 19.7. The molecular weight excluding hydrogens is 551 g/mol. The van der Waals surface area contributed by atoms with Crippen molar-refractivity contribution >= 4 is 35.1 Å². The van der Waals surface area contributed by atoms with Crippen molar-refractivity contribution in [3.63, 3.8) is 0 Å². The number of benzene rings is 4. The Bertz CT molecular complexity index is 1600. The minimum absolute atomic E-state index is 0.0164. The van der Waals surface area contributed by atoms with E-state index in [1.165, 1.54) is 62.8 Å². The van der Waals surface area contributed by atoms with Crippen LogP contribution < -0.4 is 15.4 Å². The Morgan fingerprint density at radius 2 is 1.63 bits per heavy atom. The lowest BCUT2D eigenvalue weighted by Crippen LogP contribution is -2.31. The molecule has 0 fully saturated rings. The quantitative estimate of drug-likeness (QED) is 0.206. The molecule has 4 aromatic carbocycles. The van der Waals surface area contributed by atoms with Gasteiger partial charge in [0.15, 0.2) is 11.6 Å². The van der Waals surface area contributed by atoms with Gasteiger partial charge in [-0.2, -0.15) is 0 Å². The van der Waals surface area contributed by atoms with Crippen LogP contribution in [0.1, 0.15) is 42.7 Å². The molecule has 0 aliphatic carbocycles. The number of hydrogen-bond acceptors (Lipinski definition) is 5. The zero-order valence-corrected chi connectivity index (χ0v) is 22.9. The van der Waals surface area contributed by atoms with Gasteiger partial charge in [0, 0.05) is 35.0 Å². The second kappa shape index (κ2) is 13.1. The summed E-state index contributed by atoms with van der Waals surface area (Å²) in [5.41, 5.74) is 1.36. The Balaban J connectivity index is 1.67. The van der Waals surface area contributed by atoms with E-state index in [4.69, 9.17) is 21.1 Å². The molecule has 0 aliphatic rings. The number of carbonyl (C=O) groups excluding carboxylic acids is 2. The van der Waals surface area contributed by atoms with Crippen molar-refractivity contribution in [3.05, 3.63) is 118 Å². The second-order valence-corrected chi connectivity index (χ2v) is 9.39. The fourth-order valence-corrected chi connectivity index (χ4v) is 4.46. The molecule has 0 radical (unpaired) electrons. The van der Waals surface area contributed by atoms with Crippen LogP contribution in [0.3, 0.4) is 0 Å². The number of amides is 2. The number of carbonyl (C=O) groups is 3. The maximum absolute atomic E-state index is 14.2. The lowest BCUT2D eigenvalue weighted by Gasteiger charge is -2.19. The summed E-state index contributed by atoms with van der Waals surface area (Å²) in [4.78, 5) is 38.7. The van der Waals surface area contributed by atoms with Crippen LogP contribution in [-0.2, 0) is 4.74 Å². The zero-order valence-electron chi connectivity index (χ0n) is 22.1. The van der Waals surface area contributed by atoms with Gasteiger partial charge in [0.25, 0.3) is 11.8 Å². The molecule has 0 unspecified atom stereocenters. The van der Waals surface area contributed by atoms with Crippen molar-refractivity contribution in [1.82, 2.24) is 5.32 Å². The lowest BCUT2D eigenvalue weighted by molar-refractivity contribution is 0.0697. The summed E-state index contributed by atoms with van der Waals surface area (Å²) in [6.45, 7) is 0.207. The van der Waals surface area contributed by atoms with E-state index in [-0.39, 0.29) is 50.9 Å². The van der Waals surface area contributed by atoms with Crippen molar-refractivity contribution < 1.29 is 33.4 Å². The van der Waals surface area contributed by atoms with Gasteiger partial charge in [-0.3, -0.25) is 9.59 Å². The van der Waals surface area contributed by atoms with Crippen LogP contribution in [0.4, 0.5) is 10.1 Å². The molecule has 2 amide bonds. The van der Waals surface area contributed by atoms with Crippen LogP contribution in [0, 0.1) is 5.82 Å². The topological polar surface area (TPSA) is 114 Å². The number of nitrogens with one attached hydrogen (secondary N) is 2. The van der Waals surface area contributed by atoms with Crippen LogP contribution in [0.25, 0.3) is 11.1 Å². The van der Waals surface area contributed by atoms with E-state index < -0.39 is 29.6 Å². The molecule has 3 N–H and O–H groups in total. The van der Waals surface area contributed by atoms with Gasteiger partial charge in [0.1, 0.15) is 0 Å². The summed E-state index contributed by atoms with van der Waals surface area (Å²) in [5.74, 6) is -3.08. The average molecular weight is 577 g/mol. The van der Waals surface area contributed by atoms with Crippen LogP contribution in [0.2, 0.25) is 5.02 Å². The van der Waals surface area contributed by atoms with Gasteiger partial charge in [0.05, 0.1) is 25.3 Å². The first kappa shape index (κ1) is 29.3. The molecule has 10 heteroatoms. The third-order valence-electron chi connectivity index (χ3n) is 6.28. The number of rotatable bonds is 10. The fraction of sp³-hybridized carbons (Fsp3) is 0.129. The lowest BCUT2D eigenvalue weighted by atomic mass is 9.93. The molecule has 0 saturated carbocycles. The van der Waals surface area contributed by atoms with E-state index in [1.807, 2.05) is 30.3 Å². The summed E-state index contributed by atoms with van der Waals surface area (Å²) in [6.07, 6.45) is 0. The fourth-order valence-electron chi connectivity index (χ4n) is 4.29. The molecule has 0 spiro atoms. The van der Waals surface area contributed by atoms with Gasteiger partial charge >= 0.3 is 5.97 Å². The van der Waals surface area contributed by atoms with Gasteiger partial charge in [-0.05, 0) is 59.2 Å². The number of carboxylic acid groups (broad SMARTS) is 1. The van der Waals surface area contributed by atoms with Crippen LogP contribution >= 0.6 is 11.6 Å².